The predicted molar refractivity (Wildman–Crippen MR) is 157 cm³/mol. The zero-order valence-electron chi connectivity index (χ0n) is 23.9. The van der Waals surface area contributed by atoms with Gasteiger partial charge in [-0.1, -0.05) is 55.3 Å². The summed E-state index contributed by atoms with van der Waals surface area (Å²) < 4.78 is 15.6. The van der Waals surface area contributed by atoms with E-state index in [1.54, 1.807) is 21.9 Å². The number of carboxylic acid groups (broad SMARTS) is 1. The number of piperazine rings is 1. The van der Waals surface area contributed by atoms with Crippen molar-refractivity contribution in [2.75, 3.05) is 32.7 Å². The molecule has 2 N–H and O–H groups in total. The molecular weight excluding hydrogens is 553 g/mol. The molecule has 6 rings (SSSR count). The molecule has 3 aliphatic rings. The number of carbonyl (C=O) groups is 2. The third-order valence-electron chi connectivity index (χ3n) is 9.62. The number of aliphatic hydroxyl groups is 1. The van der Waals surface area contributed by atoms with Crippen LogP contribution in [0.25, 0.3) is 11.3 Å². The number of hydrogen-bond acceptors (Lipinski definition) is 5. The third-order valence-corrected chi connectivity index (χ3v) is 9.62. The molecule has 1 aliphatic carbocycles. The van der Waals surface area contributed by atoms with Crippen molar-refractivity contribution in [3.8, 4) is 11.3 Å². The van der Waals surface area contributed by atoms with Gasteiger partial charge in [0, 0.05) is 49.8 Å². The van der Waals surface area contributed by atoms with Crippen LogP contribution in [0.4, 0.5) is 14.0 Å². The summed E-state index contributed by atoms with van der Waals surface area (Å²) in [5, 5.41) is 21.8. The van der Waals surface area contributed by atoms with E-state index in [1.165, 1.54) is 34.0 Å². The van der Waals surface area contributed by atoms with Gasteiger partial charge >= 0.3 is 12.1 Å². The van der Waals surface area contributed by atoms with E-state index in [4.69, 9.17) is 0 Å². The molecule has 3 fully saturated rings. The fourth-order valence-corrected chi connectivity index (χ4v) is 7.22. The van der Waals surface area contributed by atoms with Gasteiger partial charge in [-0.2, -0.15) is 0 Å². The van der Waals surface area contributed by atoms with Crippen molar-refractivity contribution in [3.05, 3.63) is 88.7 Å². The Morgan fingerprint density at radius 3 is 2.42 bits per heavy atom. The van der Waals surface area contributed by atoms with Crippen molar-refractivity contribution in [1.29, 1.82) is 0 Å². The molecule has 0 radical (unpaired) electrons. The van der Waals surface area contributed by atoms with Gasteiger partial charge in [0.2, 0.25) is 0 Å². The maximum atomic E-state index is 14.2. The molecule has 43 heavy (non-hydrogen) atoms. The van der Waals surface area contributed by atoms with Gasteiger partial charge in [-0.15, -0.1) is 0 Å². The summed E-state index contributed by atoms with van der Waals surface area (Å²) in [6, 6.07) is 16.0. The van der Waals surface area contributed by atoms with Crippen LogP contribution in [-0.2, 0) is 6.54 Å². The lowest BCUT2D eigenvalue weighted by Gasteiger charge is -2.53. The van der Waals surface area contributed by atoms with Crippen LogP contribution in [0.3, 0.4) is 0 Å². The van der Waals surface area contributed by atoms with Crippen molar-refractivity contribution in [3.63, 3.8) is 0 Å². The maximum Gasteiger partial charge on any atom is 0.407 e. The van der Waals surface area contributed by atoms with E-state index in [9.17, 15) is 29.0 Å². The third kappa shape index (κ3) is 5.49. The van der Waals surface area contributed by atoms with Gasteiger partial charge < -0.3 is 24.9 Å². The average molecular weight is 590 g/mol. The second kappa shape index (κ2) is 11.4. The summed E-state index contributed by atoms with van der Waals surface area (Å²) in [6.45, 7) is 1.05. The van der Waals surface area contributed by atoms with E-state index in [2.05, 4.69) is 4.98 Å². The minimum atomic E-state index is -1.22. The first-order valence-corrected chi connectivity index (χ1v) is 14.8. The van der Waals surface area contributed by atoms with Crippen molar-refractivity contribution >= 4 is 12.1 Å². The lowest BCUT2D eigenvalue weighted by Crippen LogP contribution is -2.64. The Labute approximate surface area is 249 Å². The van der Waals surface area contributed by atoms with E-state index >= 15 is 0 Å². The van der Waals surface area contributed by atoms with Crippen LogP contribution < -0.4 is 5.56 Å². The highest BCUT2D eigenvalue weighted by atomic mass is 19.1. The number of amides is 3. The van der Waals surface area contributed by atoms with E-state index in [-0.39, 0.29) is 50.7 Å². The van der Waals surface area contributed by atoms with E-state index < -0.39 is 29.0 Å². The molecule has 11 heteroatoms. The topological polar surface area (TPSA) is 119 Å². The van der Waals surface area contributed by atoms with Gasteiger partial charge in [0.15, 0.2) is 0 Å². The zero-order valence-corrected chi connectivity index (χ0v) is 23.9. The van der Waals surface area contributed by atoms with Gasteiger partial charge in [-0.05, 0) is 37.0 Å². The monoisotopic (exact) mass is 589 g/mol. The molecule has 2 saturated heterocycles. The summed E-state index contributed by atoms with van der Waals surface area (Å²) in [7, 11) is 0. The fraction of sp³-hybridized carbons (Fsp3) is 0.438. The predicted octanol–water partition coefficient (Wildman–Crippen LogP) is 4.20. The van der Waals surface area contributed by atoms with Crippen LogP contribution in [0.15, 0.2) is 71.8 Å². The molecule has 3 heterocycles. The molecule has 10 nitrogen and oxygen atoms in total. The Hall–Kier alpha value is -4.25. The van der Waals surface area contributed by atoms with E-state index in [0.29, 0.717) is 17.8 Å². The van der Waals surface area contributed by atoms with Crippen LogP contribution in [0, 0.1) is 11.2 Å². The lowest BCUT2D eigenvalue weighted by molar-refractivity contribution is -0.137. The minimum absolute atomic E-state index is 0.0440. The van der Waals surface area contributed by atoms with Gasteiger partial charge in [0.1, 0.15) is 5.82 Å². The van der Waals surface area contributed by atoms with Gasteiger partial charge in [-0.3, -0.25) is 9.36 Å². The van der Waals surface area contributed by atoms with Crippen molar-refractivity contribution in [2.45, 2.75) is 50.3 Å². The van der Waals surface area contributed by atoms with Crippen molar-refractivity contribution in [1.82, 2.24) is 24.3 Å². The van der Waals surface area contributed by atoms with Crippen LogP contribution in [0.2, 0.25) is 0 Å². The number of benzene rings is 2. The molecule has 3 aromatic rings. The van der Waals surface area contributed by atoms with E-state index in [0.717, 1.165) is 31.2 Å². The molecule has 2 aromatic carbocycles. The second-order valence-electron chi connectivity index (χ2n) is 12.1. The quantitative estimate of drug-likeness (QED) is 0.471. The first kappa shape index (κ1) is 28.9. The number of aromatic nitrogens is 2. The number of rotatable bonds is 4. The summed E-state index contributed by atoms with van der Waals surface area (Å²) >= 11 is 0. The average Bonchev–Trinajstić information content (AvgIpc) is 3.49. The largest absolute Gasteiger partial charge is 0.465 e. The highest BCUT2D eigenvalue weighted by Crippen LogP contribution is 2.52. The molecule has 0 bridgehead atoms. The van der Waals surface area contributed by atoms with Gasteiger partial charge in [-0.25, -0.2) is 19.0 Å². The standard InChI is InChI=1S/C32H36FN5O5/c33-25-10-6-9-24(17-25)27-19-35(30(41)42)15-16-38(27)29(40)36-14-13-32(43,31(20-36)11-4-5-12-31)21-37-22-34-26(18-28(37)39)23-7-2-1-3-8-23/h1-3,6-10,17-18,22,27,43H,4-5,11-16,19-21H2,(H,41,42)/t27-,32+/m0/s1. The van der Waals surface area contributed by atoms with Crippen molar-refractivity contribution in [2.24, 2.45) is 5.41 Å². The number of hydrogen-bond donors (Lipinski definition) is 2. The number of likely N-dealkylation sites (tertiary alicyclic amines) is 1. The van der Waals surface area contributed by atoms with E-state index in [1.807, 2.05) is 30.3 Å². The number of piperidine rings is 1. The molecule has 0 unspecified atom stereocenters. The maximum absolute atomic E-state index is 14.2. The highest BCUT2D eigenvalue weighted by molar-refractivity contribution is 5.76. The fourth-order valence-electron chi connectivity index (χ4n) is 7.22. The smallest absolute Gasteiger partial charge is 0.407 e. The Kier molecular flexibility index (Phi) is 7.68. The molecule has 2 atom stereocenters. The van der Waals surface area contributed by atoms with Crippen LogP contribution in [-0.4, -0.2) is 84.9 Å². The second-order valence-corrected chi connectivity index (χ2v) is 12.1. The number of nitrogens with zero attached hydrogens (tertiary/aromatic N) is 5. The molecular formula is C32H36FN5O5. The number of carbonyl (C=O) groups excluding carboxylic acids is 1. The van der Waals surface area contributed by atoms with Crippen molar-refractivity contribution < 1.29 is 24.2 Å². The SMILES string of the molecule is O=C(O)N1CCN(C(=O)N2CC[C@@](O)(Cn3cnc(-c4ccccc4)cc3=O)C3(CCCC3)C2)[C@H](c2cccc(F)c2)C1. The molecule has 1 spiro atoms. The summed E-state index contributed by atoms with van der Waals surface area (Å²) in [4.78, 5) is 48.1. The Balaban J connectivity index is 1.24. The number of urea groups is 1. The molecule has 226 valence electrons. The van der Waals surface area contributed by atoms with Crippen LogP contribution >= 0.6 is 0 Å². The molecule has 3 amide bonds. The Morgan fingerprint density at radius 1 is 0.953 bits per heavy atom. The van der Waals surface area contributed by atoms with Gasteiger partial charge in [0.05, 0.1) is 30.2 Å². The lowest BCUT2D eigenvalue weighted by atomic mass is 9.66. The molecule has 1 aromatic heterocycles. The van der Waals surface area contributed by atoms with Gasteiger partial charge in [0.25, 0.3) is 5.56 Å². The van der Waals surface area contributed by atoms with Crippen LogP contribution in [0.1, 0.15) is 43.7 Å². The first-order valence-electron chi connectivity index (χ1n) is 14.8. The minimum Gasteiger partial charge on any atom is -0.465 e. The number of halogens is 1. The molecule has 2 aliphatic heterocycles. The summed E-state index contributed by atoms with van der Waals surface area (Å²) in [6.07, 6.45) is 3.96. The summed E-state index contributed by atoms with van der Waals surface area (Å²) in [5.74, 6) is -0.452. The Bertz CT molecular complexity index is 1560. The molecule has 1 saturated carbocycles. The normalized spacial score (nSPS) is 23.5. The Morgan fingerprint density at radius 2 is 1.72 bits per heavy atom. The van der Waals surface area contributed by atoms with Crippen LogP contribution in [0.5, 0.6) is 0 Å². The first-order chi connectivity index (χ1) is 20.7. The zero-order chi connectivity index (χ0) is 30.2. The highest BCUT2D eigenvalue weighted by Gasteiger charge is 2.56. The summed E-state index contributed by atoms with van der Waals surface area (Å²) in [5.41, 5.74) is -0.122.